The molecule has 0 aliphatic carbocycles. The summed E-state index contributed by atoms with van der Waals surface area (Å²) >= 11 is 0. The van der Waals surface area contributed by atoms with Crippen LogP contribution in [0, 0.1) is 53.3 Å². The van der Waals surface area contributed by atoms with Crippen LogP contribution in [-0.4, -0.2) is 83.3 Å². The van der Waals surface area contributed by atoms with Gasteiger partial charge in [-0.05, 0) is 101 Å². The quantitative estimate of drug-likeness (QED) is 0.0698. The Kier molecular flexibility index (Phi) is 63.4. The summed E-state index contributed by atoms with van der Waals surface area (Å²) in [5, 5.41) is 5.51. The van der Waals surface area contributed by atoms with Crippen LogP contribution in [0.25, 0.3) is 0 Å². The molecule has 0 heterocycles. The number of amides is 2. The Morgan fingerprint density at radius 2 is 0.941 bits per heavy atom. The molecular weight excluding hydrogens is 885 g/mol. The molecule has 0 bridgehead atoms. The predicted molar refractivity (Wildman–Crippen MR) is 295 cm³/mol. The van der Waals surface area contributed by atoms with Crippen molar-refractivity contribution in [1.82, 2.24) is 15.4 Å². The lowest BCUT2D eigenvalue weighted by atomic mass is 9.98. The SMILES string of the molecule is C.C.CC(C)CCC(F)(F)CC(C)C.CC(C)CCCCC(C)C.CC(C)CNC(=O)CC(C)C.CC(C)CNS(=O)(=O)CC(C)C.CC(C)COC(=O)NC(C)C.CC(C)OCCOC(C)C. The van der Waals surface area contributed by atoms with E-state index >= 15 is 0 Å². The van der Waals surface area contributed by atoms with E-state index in [1.807, 2.05) is 111 Å². The van der Waals surface area contributed by atoms with Crippen LogP contribution in [0.4, 0.5) is 13.6 Å². The number of sulfonamides is 1. The first kappa shape index (κ1) is 83.3. The van der Waals surface area contributed by atoms with Crippen LogP contribution in [0.5, 0.6) is 0 Å². The van der Waals surface area contributed by atoms with Gasteiger partial charge in [-0.15, -0.1) is 0 Å². The standard InChI is InChI=1S/C10H20F2.C10H22.C9H19NO.C8H19NO2S.C8H17NO2.C8H18O2.2CH4/c1-8(2)5-6-10(11,12)7-9(3)4;1-9(2)7-5-6-8-10(3)4;1-7(2)5-9(11)10-6-8(3)4;1-7(2)5-9-12(10,11)6-8(3)4;1-6(2)5-11-8(10)9-7(3)4;1-7(2)9-5-6-10-8(3)4;;/h8-9H,5-7H2,1-4H3;9-10H,5-8H2,1-4H3;7-8H,5-6H2,1-4H3,(H,10,11);7-9H,5-6H2,1-4H3;6-7H,5H2,1-4H3,(H,9,10);7-8H,5-6H2,1-4H3;2*1H4. The third kappa shape index (κ3) is 94.3. The van der Waals surface area contributed by atoms with Gasteiger partial charge in [-0.3, -0.25) is 4.79 Å². The molecule has 0 rings (SSSR count). The molecule has 68 heavy (non-hydrogen) atoms. The summed E-state index contributed by atoms with van der Waals surface area (Å²) in [6, 6.07) is 0.148. The molecule has 3 N–H and O–H groups in total. The Morgan fingerprint density at radius 3 is 1.24 bits per heavy atom. The van der Waals surface area contributed by atoms with Gasteiger partial charge < -0.3 is 24.8 Å². The van der Waals surface area contributed by atoms with E-state index in [1.165, 1.54) is 25.7 Å². The summed E-state index contributed by atoms with van der Waals surface area (Å²) in [6.07, 6.45) is 7.32. The highest BCUT2D eigenvalue weighted by Crippen LogP contribution is 2.29. The number of ether oxygens (including phenoxy) is 3. The van der Waals surface area contributed by atoms with E-state index in [-0.39, 0.29) is 63.3 Å². The van der Waals surface area contributed by atoms with E-state index in [4.69, 9.17) is 14.2 Å². The molecule has 0 unspecified atom stereocenters. The highest BCUT2D eigenvalue weighted by atomic mass is 32.2. The first-order valence-corrected chi connectivity index (χ1v) is 27.4. The lowest BCUT2D eigenvalue weighted by Crippen LogP contribution is -2.31. The second kappa shape index (κ2) is 51.8. The van der Waals surface area contributed by atoms with E-state index in [9.17, 15) is 26.8 Å². The lowest BCUT2D eigenvalue weighted by molar-refractivity contribution is -0.121. The zero-order chi connectivity index (χ0) is 53.2. The van der Waals surface area contributed by atoms with E-state index in [1.54, 1.807) is 0 Å². The molecule has 0 atom stereocenters. The molecule has 0 fully saturated rings. The van der Waals surface area contributed by atoms with Crippen molar-refractivity contribution in [2.45, 2.75) is 257 Å². The summed E-state index contributed by atoms with van der Waals surface area (Å²) in [4.78, 5) is 21.9. The van der Waals surface area contributed by atoms with E-state index in [0.717, 1.165) is 18.4 Å². The molecule has 0 aromatic carbocycles. The summed E-state index contributed by atoms with van der Waals surface area (Å²) in [5.74, 6) is 2.17. The minimum atomic E-state index is -3.03. The molecule has 0 spiro atoms. The van der Waals surface area contributed by atoms with Gasteiger partial charge in [-0.1, -0.05) is 165 Å². The topological polar surface area (TPSA) is 132 Å². The number of carbonyl (C=O) groups is 2. The molecule has 0 radical (unpaired) electrons. The number of carbonyl (C=O) groups excluding carboxylic acids is 2. The number of hydrogen-bond donors (Lipinski definition) is 3. The molecule has 0 aliphatic rings. The maximum absolute atomic E-state index is 13.0. The van der Waals surface area contributed by atoms with Crippen molar-refractivity contribution < 1.29 is 41.0 Å². The minimum Gasteiger partial charge on any atom is -0.449 e. The van der Waals surface area contributed by atoms with Crippen molar-refractivity contribution in [3.05, 3.63) is 0 Å². The van der Waals surface area contributed by atoms with E-state index in [0.29, 0.717) is 81.0 Å². The highest BCUT2D eigenvalue weighted by molar-refractivity contribution is 7.89. The molecule has 13 heteroatoms. The Hall–Kier alpha value is -1.57. The third-order valence-corrected chi connectivity index (χ3v) is 9.82. The molecule has 0 aromatic rings. The summed E-state index contributed by atoms with van der Waals surface area (Å²) < 4.78 is 66.5. The molecule has 0 aromatic heterocycles. The smallest absolute Gasteiger partial charge is 0.407 e. The van der Waals surface area contributed by atoms with Crippen LogP contribution >= 0.6 is 0 Å². The maximum atomic E-state index is 13.0. The Bertz CT molecular complexity index is 1090. The van der Waals surface area contributed by atoms with Crippen LogP contribution < -0.4 is 15.4 Å². The molecule has 2 amide bonds. The Balaban J connectivity index is -0.000000105. The normalized spacial score (nSPS) is 11.3. The summed E-state index contributed by atoms with van der Waals surface area (Å²) in [7, 11) is -3.03. The first-order valence-electron chi connectivity index (χ1n) is 25.7. The van der Waals surface area contributed by atoms with Gasteiger partial charge in [0.15, 0.2) is 0 Å². The number of alkyl carbamates (subject to hydrolysis) is 1. The Labute approximate surface area is 425 Å². The van der Waals surface area contributed by atoms with Crippen LogP contribution in [0.3, 0.4) is 0 Å². The van der Waals surface area contributed by atoms with Gasteiger partial charge in [0.05, 0.1) is 37.8 Å². The van der Waals surface area contributed by atoms with Crippen molar-refractivity contribution in [2.75, 3.05) is 38.7 Å². The maximum Gasteiger partial charge on any atom is 0.407 e. The number of nitrogens with one attached hydrogen (secondary N) is 3. The van der Waals surface area contributed by atoms with Crippen molar-refractivity contribution in [3.63, 3.8) is 0 Å². The van der Waals surface area contributed by atoms with Crippen LogP contribution in [0.1, 0.15) is 232 Å². The lowest BCUT2D eigenvalue weighted by Gasteiger charge is -2.19. The fourth-order valence-corrected chi connectivity index (χ4v) is 6.53. The molecule has 0 aliphatic heterocycles. The van der Waals surface area contributed by atoms with Gasteiger partial charge >= 0.3 is 6.09 Å². The van der Waals surface area contributed by atoms with Crippen molar-refractivity contribution in [1.29, 1.82) is 0 Å². The molecule has 420 valence electrons. The van der Waals surface area contributed by atoms with E-state index < -0.39 is 15.9 Å². The molecule has 0 saturated carbocycles. The van der Waals surface area contributed by atoms with E-state index in [2.05, 4.69) is 70.7 Å². The van der Waals surface area contributed by atoms with Gasteiger partial charge in [0, 0.05) is 38.4 Å². The van der Waals surface area contributed by atoms with Gasteiger partial charge in [-0.2, -0.15) is 0 Å². The molecule has 0 saturated heterocycles. The van der Waals surface area contributed by atoms with Gasteiger partial charge in [0.2, 0.25) is 21.9 Å². The second-order valence-corrected chi connectivity index (χ2v) is 24.2. The summed E-state index contributed by atoms with van der Waals surface area (Å²) in [6.45, 7) is 52.0. The minimum absolute atomic E-state index is 0. The largest absolute Gasteiger partial charge is 0.449 e. The second-order valence-electron chi connectivity index (χ2n) is 22.3. The average molecular weight is 1010 g/mol. The predicted octanol–water partition coefficient (Wildman–Crippen LogP) is 15.9. The first-order chi connectivity index (χ1) is 30.0. The number of alkyl halides is 2. The number of halogens is 2. The van der Waals surface area contributed by atoms with Crippen molar-refractivity contribution in [3.8, 4) is 0 Å². The van der Waals surface area contributed by atoms with Crippen LogP contribution in [0.15, 0.2) is 0 Å². The third-order valence-electron chi connectivity index (χ3n) is 8.11. The number of rotatable bonds is 27. The molecule has 10 nitrogen and oxygen atoms in total. The fraction of sp³-hybridized carbons (Fsp3) is 0.964. The zero-order valence-corrected chi connectivity index (χ0v) is 48.7. The summed E-state index contributed by atoms with van der Waals surface area (Å²) in [5.41, 5.74) is 0. The van der Waals surface area contributed by atoms with Crippen molar-refractivity contribution in [2.24, 2.45) is 53.3 Å². The number of unbranched alkanes of at least 4 members (excludes halogenated alkanes) is 1. The zero-order valence-electron chi connectivity index (χ0n) is 47.8. The van der Waals surface area contributed by atoms with Gasteiger partial charge in [-0.25, -0.2) is 26.7 Å². The van der Waals surface area contributed by atoms with Crippen LogP contribution in [0.2, 0.25) is 0 Å². The van der Waals surface area contributed by atoms with Crippen LogP contribution in [-0.2, 0) is 29.0 Å². The monoisotopic (exact) mass is 1010 g/mol. The van der Waals surface area contributed by atoms with Gasteiger partial charge in [0.1, 0.15) is 0 Å². The van der Waals surface area contributed by atoms with Gasteiger partial charge in [0.25, 0.3) is 0 Å². The average Bonchev–Trinajstić information content (AvgIpc) is 3.11. The number of hydrogen-bond acceptors (Lipinski definition) is 7. The van der Waals surface area contributed by atoms with Crippen molar-refractivity contribution >= 4 is 22.0 Å². The fourth-order valence-electron chi connectivity index (χ4n) is 4.94. The highest BCUT2D eigenvalue weighted by Gasteiger charge is 2.29. The Morgan fingerprint density at radius 1 is 0.529 bits per heavy atom. The molecular formula is C55H123F2N3O7S.